The average Bonchev–Trinajstić information content (AvgIpc) is 2.73. The molecule has 0 amide bonds. The fourth-order valence-electron chi connectivity index (χ4n) is 2.20. The Morgan fingerprint density at radius 1 is 1.50 bits per heavy atom. The first-order valence-corrected chi connectivity index (χ1v) is 5.88. The van der Waals surface area contributed by atoms with Gasteiger partial charge in [-0.1, -0.05) is 0 Å². The molecule has 1 fully saturated rings. The van der Waals surface area contributed by atoms with Gasteiger partial charge in [-0.15, -0.1) is 0 Å². The van der Waals surface area contributed by atoms with Crippen LogP contribution in [0.2, 0.25) is 0 Å². The van der Waals surface area contributed by atoms with E-state index in [1.54, 1.807) is 0 Å². The monoisotopic (exact) mass is 218 g/mol. The minimum absolute atomic E-state index is 0.285. The molecule has 2 heterocycles. The number of nitriles is 1. The van der Waals surface area contributed by atoms with Gasteiger partial charge in [-0.2, -0.15) is 10.4 Å². The Labute approximate surface area is 96.5 Å². The van der Waals surface area contributed by atoms with E-state index in [9.17, 15) is 0 Å². The van der Waals surface area contributed by atoms with Gasteiger partial charge in [0.25, 0.3) is 0 Å². The number of piperidine rings is 1. The van der Waals surface area contributed by atoms with Crippen molar-refractivity contribution in [2.45, 2.75) is 19.3 Å². The largest absolute Gasteiger partial charge is 0.303 e. The van der Waals surface area contributed by atoms with Gasteiger partial charge in [0.15, 0.2) is 0 Å². The highest BCUT2D eigenvalue weighted by Crippen LogP contribution is 2.16. The molecule has 1 aromatic rings. The lowest BCUT2D eigenvalue weighted by atomic mass is 9.98. The first kappa shape index (κ1) is 11.2. The van der Waals surface area contributed by atoms with Crippen LogP contribution in [0.1, 0.15) is 18.5 Å². The molecule has 1 aromatic heterocycles. The second-order valence-electron chi connectivity index (χ2n) is 4.44. The molecular formula is C12H18N4. The lowest BCUT2D eigenvalue weighted by Gasteiger charge is -2.28. The van der Waals surface area contributed by atoms with Gasteiger partial charge in [0, 0.05) is 37.8 Å². The molecule has 1 aliphatic rings. The third kappa shape index (κ3) is 2.61. The van der Waals surface area contributed by atoms with Crippen LogP contribution in [0.4, 0.5) is 0 Å². The second kappa shape index (κ2) is 5.13. The molecule has 4 nitrogen and oxygen atoms in total. The fourth-order valence-corrected chi connectivity index (χ4v) is 2.20. The van der Waals surface area contributed by atoms with Crippen molar-refractivity contribution in [3.05, 3.63) is 18.0 Å². The summed E-state index contributed by atoms with van der Waals surface area (Å²) in [5.74, 6) is 0.285. The minimum atomic E-state index is 0.285. The Bertz CT molecular complexity index is 369. The van der Waals surface area contributed by atoms with E-state index < -0.39 is 0 Å². The van der Waals surface area contributed by atoms with E-state index >= 15 is 0 Å². The number of likely N-dealkylation sites (tertiary alicyclic amines) is 1. The van der Waals surface area contributed by atoms with Gasteiger partial charge in [0.2, 0.25) is 0 Å². The van der Waals surface area contributed by atoms with Gasteiger partial charge in [-0.25, -0.2) is 0 Å². The molecule has 0 aliphatic carbocycles. The molecule has 0 unspecified atom stereocenters. The zero-order chi connectivity index (χ0) is 11.4. The van der Waals surface area contributed by atoms with Gasteiger partial charge in [-0.05, 0) is 32.0 Å². The van der Waals surface area contributed by atoms with Crippen molar-refractivity contribution >= 4 is 0 Å². The minimum Gasteiger partial charge on any atom is -0.303 e. The SMILES string of the molecule is Cn1nccc1CCN1CCC(C#N)CC1. The summed E-state index contributed by atoms with van der Waals surface area (Å²) < 4.78 is 1.93. The molecule has 1 saturated heterocycles. The number of nitrogens with zero attached hydrogens (tertiary/aromatic N) is 4. The molecule has 16 heavy (non-hydrogen) atoms. The molecule has 0 aromatic carbocycles. The zero-order valence-corrected chi connectivity index (χ0v) is 9.76. The van der Waals surface area contributed by atoms with Crippen molar-refractivity contribution in [1.29, 1.82) is 5.26 Å². The second-order valence-corrected chi connectivity index (χ2v) is 4.44. The van der Waals surface area contributed by atoms with Crippen molar-refractivity contribution in [3.8, 4) is 6.07 Å². The molecule has 1 aliphatic heterocycles. The lowest BCUT2D eigenvalue weighted by molar-refractivity contribution is 0.207. The number of aromatic nitrogens is 2. The Morgan fingerprint density at radius 2 is 2.25 bits per heavy atom. The van der Waals surface area contributed by atoms with Crippen LogP contribution in [0, 0.1) is 17.2 Å². The molecule has 0 atom stereocenters. The van der Waals surface area contributed by atoms with Crippen LogP contribution in [0.15, 0.2) is 12.3 Å². The topological polar surface area (TPSA) is 44.9 Å². The number of rotatable bonds is 3. The van der Waals surface area contributed by atoms with Crippen molar-refractivity contribution in [2.75, 3.05) is 19.6 Å². The summed E-state index contributed by atoms with van der Waals surface area (Å²) in [5.41, 5.74) is 1.28. The number of hydrogen-bond acceptors (Lipinski definition) is 3. The van der Waals surface area contributed by atoms with E-state index in [0.29, 0.717) is 0 Å². The van der Waals surface area contributed by atoms with Crippen LogP contribution in [0.3, 0.4) is 0 Å². The van der Waals surface area contributed by atoms with Crippen LogP contribution in [0.5, 0.6) is 0 Å². The summed E-state index contributed by atoms with van der Waals surface area (Å²) in [6.45, 7) is 3.21. The smallest absolute Gasteiger partial charge is 0.0656 e. The maximum absolute atomic E-state index is 8.81. The quantitative estimate of drug-likeness (QED) is 0.765. The maximum atomic E-state index is 8.81. The molecular weight excluding hydrogens is 200 g/mol. The third-order valence-electron chi connectivity index (χ3n) is 3.38. The van der Waals surface area contributed by atoms with Crippen molar-refractivity contribution in [3.63, 3.8) is 0 Å². The molecule has 0 N–H and O–H groups in total. The van der Waals surface area contributed by atoms with E-state index in [1.807, 2.05) is 17.9 Å². The summed E-state index contributed by atoms with van der Waals surface area (Å²) >= 11 is 0. The predicted molar refractivity (Wildman–Crippen MR) is 61.7 cm³/mol. The van der Waals surface area contributed by atoms with Gasteiger partial charge in [0.05, 0.1) is 6.07 Å². The van der Waals surface area contributed by atoms with Gasteiger partial charge >= 0.3 is 0 Å². The first-order valence-electron chi connectivity index (χ1n) is 5.88. The molecule has 4 heteroatoms. The van der Waals surface area contributed by atoms with E-state index in [-0.39, 0.29) is 5.92 Å². The Balaban J connectivity index is 1.76. The molecule has 86 valence electrons. The van der Waals surface area contributed by atoms with Crippen LogP contribution in [-0.2, 0) is 13.5 Å². The van der Waals surface area contributed by atoms with E-state index in [1.165, 1.54) is 5.69 Å². The summed E-state index contributed by atoms with van der Waals surface area (Å²) in [6, 6.07) is 4.43. The fraction of sp³-hybridized carbons (Fsp3) is 0.667. The lowest BCUT2D eigenvalue weighted by Crippen LogP contribution is -2.34. The van der Waals surface area contributed by atoms with Crippen molar-refractivity contribution in [1.82, 2.24) is 14.7 Å². The average molecular weight is 218 g/mol. The number of hydrogen-bond donors (Lipinski definition) is 0. The van der Waals surface area contributed by atoms with E-state index in [0.717, 1.165) is 38.9 Å². The Hall–Kier alpha value is -1.34. The van der Waals surface area contributed by atoms with Crippen LogP contribution >= 0.6 is 0 Å². The first-order chi connectivity index (χ1) is 7.79. The van der Waals surface area contributed by atoms with Crippen molar-refractivity contribution in [2.24, 2.45) is 13.0 Å². The summed E-state index contributed by atoms with van der Waals surface area (Å²) in [6.07, 6.45) is 4.95. The van der Waals surface area contributed by atoms with Crippen LogP contribution in [-0.4, -0.2) is 34.3 Å². The molecule has 0 radical (unpaired) electrons. The normalized spacial score (nSPS) is 18.5. The Kier molecular flexibility index (Phi) is 3.58. The summed E-state index contributed by atoms with van der Waals surface area (Å²) in [5, 5.41) is 13.0. The maximum Gasteiger partial charge on any atom is 0.0656 e. The van der Waals surface area contributed by atoms with Gasteiger partial charge in [-0.3, -0.25) is 4.68 Å². The van der Waals surface area contributed by atoms with Crippen molar-refractivity contribution < 1.29 is 0 Å². The molecule has 2 rings (SSSR count). The van der Waals surface area contributed by atoms with E-state index in [4.69, 9.17) is 5.26 Å². The standard InChI is InChI=1S/C12H18N4/c1-15-12(2-6-14-15)5-9-16-7-3-11(10-13)4-8-16/h2,6,11H,3-5,7-9H2,1H3. The van der Waals surface area contributed by atoms with Gasteiger partial charge < -0.3 is 4.90 Å². The zero-order valence-electron chi connectivity index (χ0n) is 9.76. The van der Waals surface area contributed by atoms with Gasteiger partial charge in [0.1, 0.15) is 0 Å². The predicted octanol–water partition coefficient (Wildman–Crippen LogP) is 1.20. The molecule has 0 spiro atoms. The highest BCUT2D eigenvalue weighted by atomic mass is 15.3. The highest BCUT2D eigenvalue weighted by Gasteiger charge is 2.18. The van der Waals surface area contributed by atoms with Crippen LogP contribution < -0.4 is 0 Å². The Morgan fingerprint density at radius 3 is 2.81 bits per heavy atom. The number of aryl methyl sites for hydroxylation is 1. The summed E-state index contributed by atoms with van der Waals surface area (Å²) in [7, 11) is 1.98. The third-order valence-corrected chi connectivity index (χ3v) is 3.38. The molecule has 0 saturated carbocycles. The van der Waals surface area contributed by atoms with Crippen LogP contribution in [0.25, 0.3) is 0 Å². The summed E-state index contributed by atoms with van der Waals surface area (Å²) in [4.78, 5) is 2.45. The van der Waals surface area contributed by atoms with E-state index in [2.05, 4.69) is 22.1 Å². The molecule has 0 bridgehead atoms. The highest BCUT2D eigenvalue weighted by molar-refractivity contribution is 5.00.